The number of nitrogens with zero attached hydrogens (tertiary/aromatic N) is 2. The maximum absolute atomic E-state index is 7.28. The number of halogens is 2. The predicted octanol–water partition coefficient (Wildman–Crippen LogP) is 5.90. The summed E-state index contributed by atoms with van der Waals surface area (Å²) < 4.78 is 7.28. The van der Waals surface area contributed by atoms with E-state index in [1.54, 1.807) is 12.4 Å². The van der Waals surface area contributed by atoms with Crippen LogP contribution >= 0.6 is 23.2 Å². The van der Waals surface area contributed by atoms with Gasteiger partial charge < -0.3 is 4.65 Å². The first kappa shape index (κ1) is 23.3. The monoisotopic (exact) mass is 494 g/mol. The van der Waals surface area contributed by atoms with Crippen LogP contribution in [0.15, 0.2) is 128 Å². The van der Waals surface area contributed by atoms with Crippen LogP contribution in [-0.2, 0) is 10.3 Å². The van der Waals surface area contributed by atoms with E-state index >= 15 is 0 Å². The maximum Gasteiger partial charge on any atom is 0.362 e. The van der Waals surface area contributed by atoms with Gasteiger partial charge in [-0.15, -0.1) is 0 Å². The zero-order valence-electron chi connectivity index (χ0n) is 18.8. The van der Waals surface area contributed by atoms with Gasteiger partial charge in [0.2, 0.25) is 0 Å². The van der Waals surface area contributed by atoms with E-state index in [1.165, 1.54) is 6.33 Å². The summed E-state index contributed by atoms with van der Waals surface area (Å²) in [5.41, 5.74) is 3.31. The van der Waals surface area contributed by atoms with E-state index in [0.29, 0.717) is 10.0 Å². The second-order valence-electron chi connectivity index (χ2n) is 8.11. The van der Waals surface area contributed by atoms with E-state index in [9.17, 15) is 0 Å². The van der Waals surface area contributed by atoms with Gasteiger partial charge in [-0.2, -0.15) is 0 Å². The van der Waals surface area contributed by atoms with Gasteiger partial charge in [-0.1, -0.05) is 114 Å². The summed E-state index contributed by atoms with van der Waals surface area (Å²) in [7, 11) is 0. The van der Waals surface area contributed by atoms with Crippen LogP contribution in [0.5, 0.6) is 0 Å². The molecule has 1 aromatic heterocycles. The molecule has 170 valence electrons. The summed E-state index contributed by atoms with van der Waals surface area (Å²) in [6.45, 7) is -0.412. The van der Waals surface area contributed by atoms with Gasteiger partial charge in [0, 0.05) is 33.6 Å². The van der Waals surface area contributed by atoms with Crippen molar-refractivity contribution in [1.82, 2.24) is 9.97 Å². The Hall–Kier alpha value is -3.44. The van der Waals surface area contributed by atoms with Gasteiger partial charge in [-0.05, 0) is 34.7 Å². The van der Waals surface area contributed by atoms with Gasteiger partial charge in [-0.3, -0.25) is 0 Å². The molecule has 35 heavy (non-hydrogen) atoms. The molecule has 0 radical (unpaired) electrons. The van der Waals surface area contributed by atoms with E-state index in [1.807, 2.05) is 84.9 Å². The molecular weight excluding hydrogens is 474 g/mol. The quantitative estimate of drug-likeness (QED) is 0.264. The van der Waals surface area contributed by atoms with E-state index in [2.05, 4.69) is 34.2 Å². The molecular formula is C29H21BCl2N2O. The summed E-state index contributed by atoms with van der Waals surface area (Å²) >= 11 is 13.2. The Labute approximate surface area is 215 Å². The minimum atomic E-state index is -1.12. The average molecular weight is 495 g/mol. The lowest BCUT2D eigenvalue weighted by Gasteiger charge is -2.39. The molecule has 0 N–H and O–H groups in total. The van der Waals surface area contributed by atoms with Crippen molar-refractivity contribution in [3.05, 3.63) is 155 Å². The molecule has 6 heteroatoms. The Morgan fingerprint density at radius 2 is 1.14 bits per heavy atom. The molecule has 0 aliphatic heterocycles. The number of hydrogen-bond acceptors (Lipinski definition) is 3. The Morgan fingerprint density at radius 1 is 0.600 bits per heavy atom. The fourth-order valence-corrected chi connectivity index (χ4v) is 4.75. The molecule has 0 saturated heterocycles. The molecule has 0 saturated carbocycles. The first-order valence-corrected chi connectivity index (χ1v) is 12.0. The first-order chi connectivity index (χ1) is 17.2. The Balaban J connectivity index is 1.82. The second-order valence-corrected chi connectivity index (χ2v) is 8.96. The summed E-state index contributed by atoms with van der Waals surface area (Å²) in [5.74, 6) is 0. The van der Waals surface area contributed by atoms with Gasteiger partial charge in [0.25, 0.3) is 0 Å². The van der Waals surface area contributed by atoms with Gasteiger partial charge in [0.05, 0.1) is 0 Å². The Morgan fingerprint density at radius 3 is 1.71 bits per heavy atom. The summed E-state index contributed by atoms with van der Waals surface area (Å²) in [5, 5.41) is 1.21. The molecule has 0 spiro atoms. The van der Waals surface area contributed by atoms with Crippen molar-refractivity contribution in [1.29, 1.82) is 0 Å². The Bertz CT molecular complexity index is 1350. The molecule has 5 aromatic rings. The Kier molecular flexibility index (Phi) is 6.96. The molecule has 1 heterocycles. The van der Waals surface area contributed by atoms with Crippen LogP contribution in [0.25, 0.3) is 0 Å². The summed E-state index contributed by atoms with van der Waals surface area (Å²) in [4.78, 5) is 8.68. The highest BCUT2D eigenvalue weighted by atomic mass is 35.5. The third-order valence-electron chi connectivity index (χ3n) is 5.97. The highest BCUT2D eigenvalue weighted by molar-refractivity contribution is 6.80. The highest BCUT2D eigenvalue weighted by Gasteiger charge is 2.43. The van der Waals surface area contributed by atoms with Gasteiger partial charge in [0.15, 0.2) is 0 Å². The van der Waals surface area contributed by atoms with Crippen LogP contribution in [0.4, 0.5) is 0 Å². The van der Waals surface area contributed by atoms with E-state index in [0.717, 1.165) is 27.6 Å². The second kappa shape index (κ2) is 10.4. The van der Waals surface area contributed by atoms with E-state index < -0.39 is 12.5 Å². The number of hydrogen-bond donors (Lipinski definition) is 0. The van der Waals surface area contributed by atoms with Crippen LogP contribution in [0, 0.1) is 0 Å². The average Bonchev–Trinajstić information content (AvgIpc) is 2.92. The van der Waals surface area contributed by atoms with Crippen LogP contribution in [0.2, 0.25) is 10.0 Å². The molecule has 0 aliphatic carbocycles. The summed E-state index contributed by atoms with van der Waals surface area (Å²) in [6.07, 6.45) is 5.06. The van der Waals surface area contributed by atoms with Crippen molar-refractivity contribution in [3.8, 4) is 0 Å². The van der Waals surface area contributed by atoms with Crippen molar-refractivity contribution in [3.63, 3.8) is 0 Å². The first-order valence-electron chi connectivity index (χ1n) is 11.2. The van der Waals surface area contributed by atoms with Crippen molar-refractivity contribution < 1.29 is 4.65 Å². The van der Waals surface area contributed by atoms with Crippen molar-refractivity contribution in [2.45, 2.75) is 5.60 Å². The van der Waals surface area contributed by atoms with Gasteiger partial charge >= 0.3 is 6.92 Å². The normalized spacial score (nSPS) is 12.6. The minimum absolute atomic E-state index is 0.412. The van der Waals surface area contributed by atoms with Crippen LogP contribution < -0.4 is 10.9 Å². The standard InChI is InChI=1S/C29H21BCl2N2O/c31-26-17-15-22(16-18-26)29(23-19-33-21-34-20-23,27-13-7-8-14-28(27)32)35-30(24-9-3-1-4-10-24)25-11-5-2-6-12-25/h1-21H. The van der Waals surface area contributed by atoms with Crippen molar-refractivity contribution in [2.24, 2.45) is 0 Å². The van der Waals surface area contributed by atoms with Crippen LogP contribution in [0.1, 0.15) is 16.7 Å². The number of aromatic nitrogens is 2. The molecule has 0 bridgehead atoms. The van der Waals surface area contributed by atoms with Crippen molar-refractivity contribution >= 4 is 41.0 Å². The van der Waals surface area contributed by atoms with Crippen LogP contribution in [-0.4, -0.2) is 16.9 Å². The molecule has 1 unspecified atom stereocenters. The molecule has 4 aromatic carbocycles. The molecule has 1 atom stereocenters. The minimum Gasteiger partial charge on any atom is -0.409 e. The summed E-state index contributed by atoms with van der Waals surface area (Å²) in [6, 6.07) is 35.7. The van der Waals surface area contributed by atoms with Gasteiger partial charge in [-0.25, -0.2) is 9.97 Å². The molecule has 0 fully saturated rings. The topological polar surface area (TPSA) is 35.0 Å². The van der Waals surface area contributed by atoms with Gasteiger partial charge in [0.1, 0.15) is 11.9 Å². The lowest BCUT2D eigenvalue weighted by Crippen LogP contribution is -2.51. The third-order valence-corrected chi connectivity index (χ3v) is 6.55. The lowest BCUT2D eigenvalue weighted by atomic mass is 9.54. The number of rotatable bonds is 7. The highest BCUT2D eigenvalue weighted by Crippen LogP contribution is 2.43. The largest absolute Gasteiger partial charge is 0.409 e. The SMILES string of the molecule is Clc1ccc(C(OB(c2ccccc2)c2ccccc2)(c2cncnc2)c2ccccc2Cl)cc1. The smallest absolute Gasteiger partial charge is 0.362 e. The van der Waals surface area contributed by atoms with Crippen LogP contribution in [0.3, 0.4) is 0 Å². The number of benzene rings is 4. The van der Waals surface area contributed by atoms with E-state index in [4.69, 9.17) is 27.9 Å². The lowest BCUT2D eigenvalue weighted by molar-refractivity contribution is 0.161. The fourth-order valence-electron chi connectivity index (χ4n) is 4.35. The molecule has 0 aliphatic rings. The van der Waals surface area contributed by atoms with Crippen molar-refractivity contribution in [2.75, 3.05) is 0 Å². The molecule has 0 amide bonds. The molecule has 3 nitrogen and oxygen atoms in total. The zero-order valence-corrected chi connectivity index (χ0v) is 20.3. The fraction of sp³-hybridized carbons (Fsp3) is 0.0345. The maximum atomic E-state index is 7.28. The predicted molar refractivity (Wildman–Crippen MR) is 144 cm³/mol. The third kappa shape index (κ3) is 4.74. The molecule has 5 rings (SSSR count). The zero-order chi connectivity index (χ0) is 24.1. The van der Waals surface area contributed by atoms with E-state index in [-0.39, 0.29) is 0 Å².